The highest BCUT2D eigenvalue weighted by atomic mass is 35.5. The van der Waals surface area contributed by atoms with Gasteiger partial charge >= 0.3 is 5.97 Å². The Kier molecular flexibility index (Phi) is 7.71. The summed E-state index contributed by atoms with van der Waals surface area (Å²) < 4.78 is 10.3. The predicted molar refractivity (Wildman–Crippen MR) is 102 cm³/mol. The minimum atomic E-state index is -0.386. The molecule has 0 aliphatic carbocycles. The number of halogens is 1. The molecular formula is C20H20ClNO4. The Morgan fingerprint density at radius 2 is 1.85 bits per heavy atom. The third-order valence-electron chi connectivity index (χ3n) is 3.32. The number of esters is 1. The van der Waals surface area contributed by atoms with Crippen LogP contribution in [0.2, 0.25) is 5.02 Å². The second kappa shape index (κ2) is 10.3. The Balaban J connectivity index is 1.78. The largest absolute Gasteiger partial charge is 0.491 e. The van der Waals surface area contributed by atoms with Gasteiger partial charge in [0.25, 0.3) is 0 Å². The number of amides is 1. The molecule has 0 atom stereocenters. The van der Waals surface area contributed by atoms with Crippen LogP contribution >= 0.6 is 11.6 Å². The van der Waals surface area contributed by atoms with Crippen molar-refractivity contribution < 1.29 is 19.1 Å². The monoisotopic (exact) mass is 373 g/mol. The van der Waals surface area contributed by atoms with Crippen LogP contribution in [0.15, 0.2) is 54.6 Å². The fraction of sp³-hybridized carbons (Fsp3) is 0.200. The Morgan fingerprint density at radius 3 is 2.54 bits per heavy atom. The van der Waals surface area contributed by atoms with Crippen molar-refractivity contribution in [1.82, 2.24) is 0 Å². The fourth-order valence-electron chi connectivity index (χ4n) is 2.07. The highest BCUT2D eigenvalue weighted by Gasteiger charge is 2.05. The minimum Gasteiger partial charge on any atom is -0.491 e. The zero-order valence-electron chi connectivity index (χ0n) is 14.4. The maximum Gasteiger partial charge on any atom is 0.330 e. The molecule has 136 valence electrons. The van der Waals surface area contributed by atoms with Crippen LogP contribution in [0.5, 0.6) is 5.75 Å². The lowest BCUT2D eigenvalue weighted by Gasteiger charge is -2.08. The molecule has 0 heterocycles. The van der Waals surface area contributed by atoms with Crippen molar-refractivity contribution >= 4 is 35.2 Å². The molecule has 0 spiro atoms. The molecule has 2 aromatic rings. The Morgan fingerprint density at radius 1 is 1.12 bits per heavy atom. The molecule has 2 aromatic carbocycles. The lowest BCUT2D eigenvalue weighted by Crippen LogP contribution is -2.15. The molecule has 26 heavy (non-hydrogen) atoms. The number of rotatable bonds is 8. The van der Waals surface area contributed by atoms with E-state index in [1.807, 2.05) is 12.1 Å². The molecule has 1 N–H and O–H groups in total. The summed E-state index contributed by atoms with van der Waals surface area (Å²) in [6.07, 6.45) is 3.22. The lowest BCUT2D eigenvalue weighted by molar-refractivity contribution is -0.137. The molecule has 0 aliphatic rings. The smallest absolute Gasteiger partial charge is 0.330 e. The van der Waals surface area contributed by atoms with Crippen molar-refractivity contribution in [1.29, 1.82) is 0 Å². The second-order valence-corrected chi connectivity index (χ2v) is 5.69. The number of hydrogen-bond acceptors (Lipinski definition) is 4. The van der Waals surface area contributed by atoms with E-state index < -0.39 is 0 Å². The van der Waals surface area contributed by atoms with Gasteiger partial charge in [-0.3, -0.25) is 4.79 Å². The summed E-state index contributed by atoms with van der Waals surface area (Å²) in [5.41, 5.74) is 1.50. The van der Waals surface area contributed by atoms with Gasteiger partial charge < -0.3 is 14.8 Å². The first-order valence-electron chi connectivity index (χ1n) is 8.20. The van der Waals surface area contributed by atoms with Crippen molar-refractivity contribution in [3.63, 3.8) is 0 Å². The number of benzene rings is 2. The number of nitrogens with one attached hydrogen (secondary N) is 1. The van der Waals surface area contributed by atoms with E-state index in [1.54, 1.807) is 49.4 Å². The standard InChI is InChI=1S/C20H20ClNO4/c1-2-25-20(24)12-9-15-7-10-16(11-8-15)22-19(23)13-14-26-18-6-4-3-5-17(18)21/h3-12H,2,13-14H2,1H3,(H,22,23)/b12-9+. The zero-order valence-corrected chi connectivity index (χ0v) is 15.2. The summed E-state index contributed by atoms with van der Waals surface area (Å²) in [7, 11) is 0. The lowest BCUT2D eigenvalue weighted by atomic mass is 10.2. The van der Waals surface area contributed by atoms with Gasteiger partial charge in [0, 0.05) is 11.8 Å². The Bertz CT molecular complexity index is 772. The SMILES string of the molecule is CCOC(=O)/C=C/c1ccc(NC(=O)CCOc2ccccc2Cl)cc1. The highest BCUT2D eigenvalue weighted by Crippen LogP contribution is 2.23. The Labute approximate surface area is 157 Å². The summed E-state index contributed by atoms with van der Waals surface area (Å²) >= 11 is 5.99. The van der Waals surface area contributed by atoms with Gasteiger partial charge in [0.2, 0.25) is 5.91 Å². The zero-order chi connectivity index (χ0) is 18.8. The number of para-hydroxylation sites is 1. The van der Waals surface area contributed by atoms with Crippen molar-refractivity contribution in [3.8, 4) is 5.75 Å². The van der Waals surface area contributed by atoms with Crippen LogP contribution in [0.1, 0.15) is 18.9 Å². The summed E-state index contributed by atoms with van der Waals surface area (Å²) in [4.78, 5) is 23.2. The van der Waals surface area contributed by atoms with Gasteiger partial charge in [0.15, 0.2) is 0 Å². The third kappa shape index (κ3) is 6.61. The number of carbonyl (C=O) groups is 2. The van der Waals surface area contributed by atoms with Crippen LogP contribution in [-0.4, -0.2) is 25.1 Å². The van der Waals surface area contributed by atoms with Crippen LogP contribution in [0, 0.1) is 0 Å². The molecule has 0 aromatic heterocycles. The topological polar surface area (TPSA) is 64.6 Å². The average Bonchev–Trinajstić information content (AvgIpc) is 2.63. The molecule has 0 radical (unpaired) electrons. The molecule has 0 aliphatic heterocycles. The summed E-state index contributed by atoms with van der Waals surface area (Å²) in [5, 5.41) is 3.30. The van der Waals surface area contributed by atoms with E-state index in [-0.39, 0.29) is 24.9 Å². The van der Waals surface area contributed by atoms with Gasteiger partial charge in [-0.15, -0.1) is 0 Å². The van der Waals surface area contributed by atoms with Crippen LogP contribution in [0.25, 0.3) is 6.08 Å². The van der Waals surface area contributed by atoms with Crippen molar-refractivity contribution in [2.75, 3.05) is 18.5 Å². The molecule has 0 bridgehead atoms. The second-order valence-electron chi connectivity index (χ2n) is 5.28. The van der Waals surface area contributed by atoms with E-state index in [1.165, 1.54) is 6.08 Å². The van der Waals surface area contributed by atoms with Crippen molar-refractivity contribution in [2.24, 2.45) is 0 Å². The molecule has 0 saturated carbocycles. The first kappa shape index (κ1) is 19.5. The van der Waals surface area contributed by atoms with Crippen molar-refractivity contribution in [3.05, 3.63) is 65.2 Å². The molecule has 0 fully saturated rings. The van der Waals surface area contributed by atoms with Crippen LogP contribution in [0.4, 0.5) is 5.69 Å². The maximum atomic E-state index is 12.0. The molecule has 2 rings (SSSR count). The molecule has 5 nitrogen and oxygen atoms in total. The summed E-state index contributed by atoms with van der Waals surface area (Å²) in [6, 6.07) is 14.2. The molecule has 0 unspecified atom stereocenters. The third-order valence-corrected chi connectivity index (χ3v) is 3.63. The first-order valence-corrected chi connectivity index (χ1v) is 8.58. The quantitative estimate of drug-likeness (QED) is 0.552. The predicted octanol–water partition coefficient (Wildman–Crippen LogP) is 4.32. The van der Waals surface area contributed by atoms with E-state index >= 15 is 0 Å². The number of anilines is 1. The van der Waals surface area contributed by atoms with Gasteiger partial charge in [-0.2, -0.15) is 0 Å². The molecule has 1 amide bonds. The minimum absolute atomic E-state index is 0.160. The van der Waals surface area contributed by atoms with E-state index in [0.717, 1.165) is 5.56 Å². The van der Waals surface area contributed by atoms with Gasteiger partial charge in [0.05, 0.1) is 24.7 Å². The number of carbonyl (C=O) groups excluding carboxylic acids is 2. The van der Waals surface area contributed by atoms with Crippen LogP contribution in [0.3, 0.4) is 0 Å². The van der Waals surface area contributed by atoms with E-state index in [4.69, 9.17) is 21.1 Å². The average molecular weight is 374 g/mol. The van der Waals surface area contributed by atoms with Crippen LogP contribution in [-0.2, 0) is 14.3 Å². The normalized spacial score (nSPS) is 10.5. The maximum absolute atomic E-state index is 12.0. The van der Waals surface area contributed by atoms with E-state index in [0.29, 0.717) is 23.1 Å². The number of hydrogen-bond donors (Lipinski definition) is 1. The molecular weight excluding hydrogens is 354 g/mol. The molecule has 6 heteroatoms. The Hall–Kier alpha value is -2.79. The first-order chi connectivity index (χ1) is 12.6. The van der Waals surface area contributed by atoms with E-state index in [2.05, 4.69) is 5.32 Å². The van der Waals surface area contributed by atoms with E-state index in [9.17, 15) is 9.59 Å². The van der Waals surface area contributed by atoms with Gasteiger partial charge in [0.1, 0.15) is 5.75 Å². The molecule has 0 saturated heterocycles. The van der Waals surface area contributed by atoms with Gasteiger partial charge in [-0.05, 0) is 42.8 Å². The summed E-state index contributed by atoms with van der Waals surface area (Å²) in [6.45, 7) is 2.33. The van der Waals surface area contributed by atoms with Gasteiger partial charge in [-0.1, -0.05) is 35.9 Å². The van der Waals surface area contributed by atoms with Crippen molar-refractivity contribution in [2.45, 2.75) is 13.3 Å². The fourth-order valence-corrected chi connectivity index (χ4v) is 2.26. The number of ether oxygens (including phenoxy) is 2. The highest BCUT2D eigenvalue weighted by molar-refractivity contribution is 6.32. The summed E-state index contributed by atoms with van der Waals surface area (Å²) in [5.74, 6) is 0.00924. The van der Waals surface area contributed by atoms with Gasteiger partial charge in [-0.25, -0.2) is 4.79 Å². The van der Waals surface area contributed by atoms with Crippen LogP contribution < -0.4 is 10.1 Å².